The predicted molar refractivity (Wildman–Crippen MR) is 75.2 cm³/mol. The van der Waals surface area contributed by atoms with Gasteiger partial charge in [-0.05, 0) is 19.8 Å². The van der Waals surface area contributed by atoms with Crippen molar-refractivity contribution in [3.63, 3.8) is 0 Å². The molecule has 1 aromatic heterocycles. The van der Waals surface area contributed by atoms with Crippen LogP contribution in [-0.2, 0) is 0 Å². The van der Waals surface area contributed by atoms with Crippen LogP contribution in [0.4, 0.5) is 5.95 Å². The molecule has 102 valence electrons. The van der Waals surface area contributed by atoms with Gasteiger partial charge in [-0.1, -0.05) is 33.1 Å². The Bertz CT molecular complexity index is 342. The summed E-state index contributed by atoms with van der Waals surface area (Å²) in [5.41, 5.74) is 0.993. The average Bonchev–Trinajstić information content (AvgIpc) is 2.39. The van der Waals surface area contributed by atoms with E-state index in [0.29, 0.717) is 11.8 Å². The Morgan fingerprint density at radius 3 is 2.72 bits per heavy atom. The number of aryl methyl sites for hydroxylation is 1. The molecule has 0 aromatic carbocycles. The summed E-state index contributed by atoms with van der Waals surface area (Å²) >= 11 is 0. The van der Waals surface area contributed by atoms with Crippen LogP contribution in [0.5, 0.6) is 5.88 Å². The molecule has 0 aliphatic rings. The van der Waals surface area contributed by atoms with Gasteiger partial charge < -0.3 is 10.1 Å². The highest BCUT2D eigenvalue weighted by Gasteiger charge is 2.04. The zero-order valence-electron chi connectivity index (χ0n) is 11.8. The molecule has 1 aromatic rings. The molecule has 1 rings (SSSR count). The van der Waals surface area contributed by atoms with E-state index in [2.05, 4.69) is 29.1 Å². The highest BCUT2D eigenvalue weighted by molar-refractivity contribution is 5.32. The van der Waals surface area contributed by atoms with Gasteiger partial charge in [-0.15, -0.1) is 0 Å². The summed E-state index contributed by atoms with van der Waals surface area (Å²) in [5.74, 6) is 1.37. The van der Waals surface area contributed by atoms with Gasteiger partial charge in [0, 0.05) is 18.3 Å². The molecule has 0 bridgehead atoms. The smallest absolute Gasteiger partial charge is 0.225 e. The zero-order valence-corrected chi connectivity index (χ0v) is 11.8. The molecule has 4 heteroatoms. The molecule has 0 saturated heterocycles. The van der Waals surface area contributed by atoms with Crippen molar-refractivity contribution in [3.05, 3.63) is 11.8 Å². The molecule has 0 radical (unpaired) electrons. The maximum absolute atomic E-state index is 5.71. The molecular formula is C14H25N3O. The summed E-state index contributed by atoms with van der Waals surface area (Å²) in [7, 11) is 0. The third-order valence-corrected chi connectivity index (χ3v) is 2.70. The molecular weight excluding hydrogens is 226 g/mol. The number of nitrogens with zero attached hydrogens (tertiary/aromatic N) is 2. The molecule has 1 N–H and O–H groups in total. The second-order valence-corrected chi connectivity index (χ2v) is 4.52. The summed E-state index contributed by atoms with van der Waals surface area (Å²) < 4.78 is 5.71. The molecule has 1 heterocycles. The Balaban J connectivity index is 2.42. The normalized spacial score (nSPS) is 10.4. The Labute approximate surface area is 110 Å². The molecule has 0 amide bonds. The molecule has 0 spiro atoms. The van der Waals surface area contributed by atoms with Crippen molar-refractivity contribution >= 4 is 5.95 Å². The van der Waals surface area contributed by atoms with Crippen molar-refractivity contribution in [2.24, 2.45) is 0 Å². The van der Waals surface area contributed by atoms with E-state index in [9.17, 15) is 0 Å². The van der Waals surface area contributed by atoms with Crippen LogP contribution in [0.3, 0.4) is 0 Å². The molecule has 0 unspecified atom stereocenters. The van der Waals surface area contributed by atoms with Crippen LogP contribution in [0.25, 0.3) is 0 Å². The summed E-state index contributed by atoms with van der Waals surface area (Å²) in [4.78, 5) is 8.62. The number of aromatic nitrogens is 2. The largest absolute Gasteiger partial charge is 0.477 e. The summed E-state index contributed by atoms with van der Waals surface area (Å²) in [6, 6.07) is 0. The number of anilines is 1. The summed E-state index contributed by atoms with van der Waals surface area (Å²) in [6.07, 6.45) is 7.71. The highest BCUT2D eigenvalue weighted by Crippen LogP contribution is 2.15. The van der Waals surface area contributed by atoms with Gasteiger partial charge in [0.25, 0.3) is 0 Å². The van der Waals surface area contributed by atoms with E-state index in [-0.39, 0.29) is 0 Å². The van der Waals surface area contributed by atoms with Crippen LogP contribution in [0.15, 0.2) is 6.20 Å². The van der Waals surface area contributed by atoms with Crippen LogP contribution in [0.1, 0.15) is 51.5 Å². The van der Waals surface area contributed by atoms with E-state index in [1.807, 2.05) is 13.1 Å². The van der Waals surface area contributed by atoms with Crippen LogP contribution in [-0.4, -0.2) is 23.1 Å². The van der Waals surface area contributed by atoms with Crippen molar-refractivity contribution in [1.29, 1.82) is 0 Å². The van der Waals surface area contributed by atoms with Crippen LogP contribution in [0.2, 0.25) is 0 Å². The molecule has 18 heavy (non-hydrogen) atoms. The fourth-order valence-corrected chi connectivity index (χ4v) is 1.59. The topological polar surface area (TPSA) is 47.0 Å². The van der Waals surface area contributed by atoms with Gasteiger partial charge in [0.2, 0.25) is 11.8 Å². The second-order valence-electron chi connectivity index (χ2n) is 4.52. The Kier molecular flexibility index (Phi) is 7.14. The Morgan fingerprint density at radius 2 is 2.00 bits per heavy atom. The lowest BCUT2D eigenvalue weighted by molar-refractivity contribution is 0.291. The van der Waals surface area contributed by atoms with Gasteiger partial charge in [0.05, 0.1) is 6.61 Å². The van der Waals surface area contributed by atoms with E-state index in [1.165, 1.54) is 19.3 Å². The number of hydrogen-bond donors (Lipinski definition) is 1. The van der Waals surface area contributed by atoms with Gasteiger partial charge in [-0.25, -0.2) is 4.98 Å². The Hall–Kier alpha value is -1.32. The minimum absolute atomic E-state index is 0.658. The van der Waals surface area contributed by atoms with Crippen molar-refractivity contribution in [3.8, 4) is 5.88 Å². The second kappa shape index (κ2) is 8.72. The minimum Gasteiger partial charge on any atom is -0.477 e. The fraction of sp³-hybridized carbons (Fsp3) is 0.714. The highest BCUT2D eigenvalue weighted by atomic mass is 16.5. The number of ether oxygens (including phenoxy) is 1. The van der Waals surface area contributed by atoms with Crippen molar-refractivity contribution in [2.75, 3.05) is 18.5 Å². The van der Waals surface area contributed by atoms with E-state index < -0.39 is 0 Å². The lowest BCUT2D eigenvalue weighted by atomic mass is 10.2. The minimum atomic E-state index is 0.658. The zero-order chi connectivity index (χ0) is 13.2. The van der Waals surface area contributed by atoms with E-state index in [4.69, 9.17) is 4.74 Å². The maximum atomic E-state index is 5.71. The number of rotatable bonds is 9. The first-order chi connectivity index (χ1) is 8.77. The number of nitrogens with one attached hydrogen (secondary N) is 1. The van der Waals surface area contributed by atoms with Crippen molar-refractivity contribution in [1.82, 2.24) is 9.97 Å². The van der Waals surface area contributed by atoms with Crippen LogP contribution in [0, 0.1) is 6.92 Å². The third-order valence-electron chi connectivity index (χ3n) is 2.70. The lowest BCUT2D eigenvalue weighted by Crippen LogP contribution is -2.07. The third kappa shape index (κ3) is 5.34. The van der Waals surface area contributed by atoms with Crippen LogP contribution >= 0.6 is 0 Å². The van der Waals surface area contributed by atoms with Crippen molar-refractivity contribution < 1.29 is 4.74 Å². The molecule has 0 aliphatic carbocycles. The summed E-state index contributed by atoms with van der Waals surface area (Å²) in [5, 5.41) is 3.17. The first kappa shape index (κ1) is 14.7. The standard InChI is InChI=1S/C14H25N3O/c1-4-6-7-8-10-18-13-12(3)11-16-14(17-13)15-9-5-2/h11H,4-10H2,1-3H3,(H,15,16,17). The average molecular weight is 251 g/mol. The molecule has 4 nitrogen and oxygen atoms in total. The van der Waals surface area contributed by atoms with Crippen LogP contribution < -0.4 is 10.1 Å². The van der Waals surface area contributed by atoms with Gasteiger partial charge in [0.1, 0.15) is 0 Å². The number of unbranched alkanes of at least 4 members (excludes halogenated alkanes) is 3. The lowest BCUT2D eigenvalue weighted by Gasteiger charge is -2.09. The first-order valence-electron chi connectivity index (χ1n) is 6.98. The molecule has 0 fully saturated rings. The molecule has 0 atom stereocenters. The molecule has 0 saturated carbocycles. The quantitative estimate of drug-likeness (QED) is 0.682. The van der Waals surface area contributed by atoms with E-state index in [0.717, 1.165) is 31.6 Å². The van der Waals surface area contributed by atoms with E-state index >= 15 is 0 Å². The van der Waals surface area contributed by atoms with Gasteiger partial charge in [-0.2, -0.15) is 4.98 Å². The Morgan fingerprint density at radius 1 is 1.17 bits per heavy atom. The number of hydrogen-bond acceptors (Lipinski definition) is 4. The maximum Gasteiger partial charge on any atom is 0.225 e. The SMILES string of the molecule is CCCCCCOc1nc(NCCC)ncc1C. The fourth-order valence-electron chi connectivity index (χ4n) is 1.59. The van der Waals surface area contributed by atoms with Crippen molar-refractivity contribution in [2.45, 2.75) is 52.9 Å². The summed E-state index contributed by atoms with van der Waals surface area (Å²) in [6.45, 7) is 7.93. The van der Waals surface area contributed by atoms with E-state index in [1.54, 1.807) is 0 Å². The predicted octanol–water partition coefficient (Wildman–Crippen LogP) is 3.57. The first-order valence-corrected chi connectivity index (χ1v) is 6.98. The van der Waals surface area contributed by atoms with Gasteiger partial charge >= 0.3 is 0 Å². The monoisotopic (exact) mass is 251 g/mol. The van der Waals surface area contributed by atoms with Gasteiger partial charge in [0.15, 0.2) is 0 Å². The van der Waals surface area contributed by atoms with Gasteiger partial charge in [-0.3, -0.25) is 0 Å². The molecule has 0 aliphatic heterocycles.